The maximum Gasteiger partial charge on any atom is 0.144 e. The zero-order chi connectivity index (χ0) is 12.1. The number of aliphatic hydroxyl groups is 1. The molecular weight excluding hydrogens is 202 g/mol. The number of nitrogens with zero attached hydrogens (tertiary/aromatic N) is 2. The minimum Gasteiger partial charge on any atom is -0.396 e. The van der Waals surface area contributed by atoms with Crippen molar-refractivity contribution in [3.05, 3.63) is 22.9 Å². The van der Waals surface area contributed by atoms with Gasteiger partial charge in [-0.3, -0.25) is 0 Å². The first-order valence-electron chi connectivity index (χ1n) is 5.31. The van der Waals surface area contributed by atoms with Gasteiger partial charge in [0, 0.05) is 18.8 Å². The highest BCUT2D eigenvalue weighted by Gasteiger charge is 2.09. The van der Waals surface area contributed by atoms with Crippen molar-refractivity contribution < 1.29 is 5.11 Å². The summed E-state index contributed by atoms with van der Waals surface area (Å²) in [4.78, 5) is 4.30. The van der Waals surface area contributed by atoms with E-state index in [4.69, 9.17) is 10.4 Å². The highest BCUT2D eigenvalue weighted by atomic mass is 16.3. The maximum absolute atomic E-state index is 9.03. The van der Waals surface area contributed by atoms with Crippen LogP contribution in [0.2, 0.25) is 0 Å². The van der Waals surface area contributed by atoms with E-state index in [1.54, 1.807) is 0 Å². The van der Waals surface area contributed by atoms with Crippen molar-refractivity contribution in [2.45, 2.75) is 20.8 Å². The van der Waals surface area contributed by atoms with Crippen LogP contribution >= 0.6 is 0 Å². The number of hydrogen-bond donors (Lipinski definition) is 2. The van der Waals surface area contributed by atoms with Gasteiger partial charge in [-0.05, 0) is 31.4 Å². The van der Waals surface area contributed by atoms with E-state index < -0.39 is 0 Å². The SMILES string of the molecule is Cc1cc(C)c(C#N)c(NCC(C)CO)n1. The third-order valence-corrected chi connectivity index (χ3v) is 2.39. The molecule has 0 aromatic carbocycles. The predicted octanol–water partition coefficient (Wildman–Crippen LogP) is 1.61. The molecule has 0 radical (unpaired) electrons. The molecular formula is C12H17N3O. The van der Waals surface area contributed by atoms with Crippen LogP contribution in [0.15, 0.2) is 6.07 Å². The normalized spacial score (nSPS) is 11.9. The van der Waals surface area contributed by atoms with Crippen LogP contribution < -0.4 is 5.32 Å². The summed E-state index contributed by atoms with van der Waals surface area (Å²) in [6.45, 7) is 6.46. The van der Waals surface area contributed by atoms with Crippen molar-refractivity contribution in [2.75, 3.05) is 18.5 Å². The van der Waals surface area contributed by atoms with Gasteiger partial charge in [0.15, 0.2) is 0 Å². The number of rotatable bonds is 4. The molecule has 1 atom stereocenters. The molecule has 1 aromatic heterocycles. The summed E-state index contributed by atoms with van der Waals surface area (Å²) in [5.74, 6) is 0.759. The van der Waals surface area contributed by atoms with Gasteiger partial charge in [0.1, 0.15) is 11.9 Å². The van der Waals surface area contributed by atoms with Crippen molar-refractivity contribution in [1.82, 2.24) is 4.98 Å². The number of aromatic nitrogens is 1. The number of anilines is 1. The summed E-state index contributed by atoms with van der Waals surface area (Å²) in [7, 11) is 0. The summed E-state index contributed by atoms with van der Waals surface area (Å²) < 4.78 is 0. The van der Waals surface area contributed by atoms with Gasteiger partial charge in [-0.2, -0.15) is 5.26 Å². The fourth-order valence-corrected chi connectivity index (χ4v) is 1.44. The average Bonchev–Trinajstić information content (AvgIpc) is 2.25. The molecule has 1 unspecified atom stereocenters. The van der Waals surface area contributed by atoms with Crippen LogP contribution in [0.25, 0.3) is 0 Å². The quantitative estimate of drug-likeness (QED) is 0.807. The smallest absolute Gasteiger partial charge is 0.144 e. The Hall–Kier alpha value is -1.60. The first-order chi connectivity index (χ1) is 7.58. The average molecular weight is 219 g/mol. The summed E-state index contributed by atoms with van der Waals surface area (Å²) >= 11 is 0. The van der Waals surface area contributed by atoms with Gasteiger partial charge in [-0.25, -0.2) is 4.98 Å². The van der Waals surface area contributed by atoms with Crippen LogP contribution in [0.1, 0.15) is 23.7 Å². The van der Waals surface area contributed by atoms with Crippen LogP contribution in [0.5, 0.6) is 0 Å². The topological polar surface area (TPSA) is 68.9 Å². The number of aryl methyl sites for hydroxylation is 2. The Morgan fingerprint density at radius 3 is 2.81 bits per heavy atom. The Kier molecular flexibility index (Phi) is 4.27. The minimum atomic E-state index is 0.125. The monoisotopic (exact) mass is 219 g/mol. The largest absolute Gasteiger partial charge is 0.396 e. The van der Waals surface area contributed by atoms with Crippen LogP contribution in [-0.2, 0) is 0 Å². The molecule has 0 aliphatic heterocycles. The number of pyridine rings is 1. The van der Waals surface area contributed by atoms with E-state index in [-0.39, 0.29) is 12.5 Å². The zero-order valence-electron chi connectivity index (χ0n) is 9.91. The molecule has 16 heavy (non-hydrogen) atoms. The lowest BCUT2D eigenvalue weighted by Gasteiger charge is -2.13. The standard InChI is InChI=1S/C12H17N3O/c1-8(7-16)6-14-12-11(5-13)9(2)4-10(3)15-12/h4,8,16H,6-7H2,1-3H3,(H,14,15). The Labute approximate surface area is 95.9 Å². The molecule has 0 saturated carbocycles. The molecule has 1 rings (SSSR count). The maximum atomic E-state index is 9.03. The van der Waals surface area contributed by atoms with Crippen molar-refractivity contribution in [1.29, 1.82) is 5.26 Å². The Balaban J connectivity index is 2.91. The van der Waals surface area contributed by atoms with Gasteiger partial charge in [-0.15, -0.1) is 0 Å². The fourth-order valence-electron chi connectivity index (χ4n) is 1.44. The van der Waals surface area contributed by atoms with Crippen molar-refractivity contribution in [2.24, 2.45) is 5.92 Å². The minimum absolute atomic E-state index is 0.125. The second kappa shape index (κ2) is 5.47. The van der Waals surface area contributed by atoms with Crippen molar-refractivity contribution in [3.8, 4) is 6.07 Å². The molecule has 86 valence electrons. The van der Waals surface area contributed by atoms with Crippen LogP contribution in [-0.4, -0.2) is 23.2 Å². The molecule has 0 bridgehead atoms. The van der Waals surface area contributed by atoms with Crippen LogP contribution in [0, 0.1) is 31.1 Å². The van der Waals surface area contributed by atoms with Gasteiger partial charge < -0.3 is 10.4 Å². The second-order valence-electron chi connectivity index (χ2n) is 4.08. The van der Waals surface area contributed by atoms with Gasteiger partial charge in [0.05, 0.1) is 5.56 Å². The molecule has 0 aliphatic rings. The summed E-state index contributed by atoms with van der Waals surface area (Å²) in [5, 5.41) is 21.1. The first-order valence-corrected chi connectivity index (χ1v) is 5.31. The Morgan fingerprint density at radius 1 is 1.56 bits per heavy atom. The van der Waals surface area contributed by atoms with Crippen molar-refractivity contribution in [3.63, 3.8) is 0 Å². The number of hydrogen-bond acceptors (Lipinski definition) is 4. The van der Waals surface area contributed by atoms with Gasteiger partial charge >= 0.3 is 0 Å². The molecule has 0 spiro atoms. The molecule has 1 heterocycles. The summed E-state index contributed by atoms with van der Waals surface area (Å²) in [6.07, 6.45) is 0. The molecule has 0 saturated heterocycles. The molecule has 4 heteroatoms. The fraction of sp³-hybridized carbons (Fsp3) is 0.500. The predicted molar refractivity (Wildman–Crippen MR) is 63.2 cm³/mol. The van der Waals surface area contributed by atoms with E-state index in [0.29, 0.717) is 17.9 Å². The summed E-state index contributed by atoms with van der Waals surface area (Å²) in [5.41, 5.74) is 2.39. The van der Waals surface area contributed by atoms with Crippen LogP contribution in [0.4, 0.5) is 5.82 Å². The lowest BCUT2D eigenvalue weighted by atomic mass is 10.1. The van der Waals surface area contributed by atoms with E-state index in [1.165, 1.54) is 0 Å². The lowest BCUT2D eigenvalue weighted by Crippen LogP contribution is -2.16. The third-order valence-electron chi connectivity index (χ3n) is 2.39. The Bertz CT molecular complexity index is 409. The number of nitrogens with one attached hydrogen (secondary N) is 1. The van der Waals surface area contributed by atoms with Gasteiger partial charge in [0.25, 0.3) is 0 Å². The van der Waals surface area contributed by atoms with E-state index in [9.17, 15) is 0 Å². The summed E-state index contributed by atoms with van der Waals surface area (Å²) in [6, 6.07) is 4.03. The molecule has 0 fully saturated rings. The molecule has 2 N–H and O–H groups in total. The van der Waals surface area contributed by atoms with E-state index in [0.717, 1.165) is 11.3 Å². The second-order valence-corrected chi connectivity index (χ2v) is 4.08. The van der Waals surface area contributed by atoms with Crippen LogP contribution in [0.3, 0.4) is 0 Å². The number of nitriles is 1. The Morgan fingerprint density at radius 2 is 2.25 bits per heavy atom. The molecule has 0 amide bonds. The van der Waals surface area contributed by atoms with E-state index in [1.807, 2.05) is 26.8 Å². The van der Waals surface area contributed by atoms with E-state index in [2.05, 4.69) is 16.4 Å². The highest BCUT2D eigenvalue weighted by Crippen LogP contribution is 2.17. The molecule has 1 aromatic rings. The van der Waals surface area contributed by atoms with Gasteiger partial charge in [0.2, 0.25) is 0 Å². The lowest BCUT2D eigenvalue weighted by molar-refractivity contribution is 0.244. The van der Waals surface area contributed by atoms with E-state index >= 15 is 0 Å². The van der Waals surface area contributed by atoms with Crippen molar-refractivity contribution >= 4 is 5.82 Å². The first kappa shape index (κ1) is 12.5. The highest BCUT2D eigenvalue weighted by molar-refractivity contribution is 5.56. The number of aliphatic hydroxyl groups excluding tert-OH is 1. The molecule has 0 aliphatic carbocycles. The molecule has 4 nitrogen and oxygen atoms in total. The third kappa shape index (κ3) is 2.94. The van der Waals surface area contributed by atoms with Gasteiger partial charge in [-0.1, -0.05) is 6.92 Å². The zero-order valence-corrected chi connectivity index (χ0v) is 9.91.